The Bertz CT molecular complexity index is 1650. The molecule has 0 aliphatic carbocycles. The van der Waals surface area contributed by atoms with Crippen LogP contribution in [0.2, 0.25) is 5.02 Å². The number of aromatic nitrogens is 2. The first kappa shape index (κ1) is 14.9. The van der Waals surface area contributed by atoms with Crippen molar-refractivity contribution in [2.75, 3.05) is 38.1 Å². The summed E-state index contributed by atoms with van der Waals surface area (Å²) in [7, 11) is 1.51. The van der Waals surface area contributed by atoms with Crippen molar-refractivity contribution < 1.29 is 29.9 Å². The van der Waals surface area contributed by atoms with Crippen molar-refractivity contribution in [3.05, 3.63) is 82.9 Å². The summed E-state index contributed by atoms with van der Waals surface area (Å²) in [6, 6.07) is 12.8. The largest absolute Gasteiger partial charge is 0.497 e. The third kappa shape index (κ3) is 4.30. The maximum Gasteiger partial charge on any atom is 0.134 e. The number of rotatable bonds is 5. The minimum Gasteiger partial charge on any atom is -0.497 e. The van der Waals surface area contributed by atoms with Crippen molar-refractivity contribution in [3.63, 3.8) is 0 Å². The summed E-state index contributed by atoms with van der Waals surface area (Å²) < 4.78 is 90.0. The molecular formula is C26H23ClFN3O3. The average Bonchev–Trinajstić information content (AvgIpc) is 2.91. The Morgan fingerprint density at radius 1 is 1.12 bits per heavy atom. The van der Waals surface area contributed by atoms with E-state index in [0.717, 1.165) is 12.4 Å². The van der Waals surface area contributed by atoms with Crippen LogP contribution in [0.25, 0.3) is 22.2 Å². The van der Waals surface area contributed by atoms with Gasteiger partial charge >= 0.3 is 0 Å². The Hall–Kier alpha value is -3.26. The lowest BCUT2D eigenvalue weighted by Gasteiger charge is -2.29. The molecule has 1 fully saturated rings. The number of methoxy groups -OCH3 is 1. The van der Waals surface area contributed by atoms with Crippen molar-refractivity contribution in [1.29, 1.82) is 0 Å². The van der Waals surface area contributed by atoms with Crippen LogP contribution in [0.1, 0.15) is 28.2 Å². The Balaban J connectivity index is 1.62. The molecule has 34 heavy (non-hydrogen) atoms. The van der Waals surface area contributed by atoms with Gasteiger partial charge in [0.25, 0.3) is 0 Å². The van der Waals surface area contributed by atoms with Gasteiger partial charge in [-0.05, 0) is 48.0 Å². The molecule has 4 aromatic rings. The molecular weight excluding hydrogens is 457 g/mol. The molecule has 2 heterocycles. The van der Waals surface area contributed by atoms with Crippen LogP contribution in [-0.4, -0.2) is 48.3 Å². The highest BCUT2D eigenvalue weighted by Gasteiger charge is 2.21. The third-order valence-corrected chi connectivity index (χ3v) is 5.69. The van der Waals surface area contributed by atoms with Gasteiger partial charge in [-0.25, -0.2) is 14.4 Å². The molecule has 5 rings (SSSR count). The molecule has 0 saturated carbocycles. The first-order chi connectivity index (χ1) is 19.5. The summed E-state index contributed by atoms with van der Waals surface area (Å²) >= 11 is 6.31. The van der Waals surface area contributed by atoms with Gasteiger partial charge in [-0.15, -0.1) is 0 Å². The third-order valence-electron chi connectivity index (χ3n) is 5.36. The first-order valence-electron chi connectivity index (χ1n) is 14.1. The standard InChI is InChI=1S/C26H23ClFN3O3/c1-33-18-5-2-16(3-6-18)26(32)20-13-21(23(28)14-22(20)27)25-19-7-4-17(12-24(19)29-15-30-25)31-8-10-34-11-9-31/h2-7,12-15,26,32H,8-11H2,1H3/i8D2,9D2,10D2,11D2. The fraction of sp³-hybridized carbons (Fsp3) is 0.231. The molecule has 0 bridgehead atoms. The van der Waals surface area contributed by atoms with Gasteiger partial charge in [0.05, 0.1) is 42.4 Å². The number of fused-ring (bicyclic) bond motifs is 1. The van der Waals surface area contributed by atoms with Crippen LogP contribution in [0, 0.1) is 5.82 Å². The van der Waals surface area contributed by atoms with Gasteiger partial charge in [0.15, 0.2) is 0 Å². The zero-order valence-corrected chi connectivity index (χ0v) is 18.5. The first-order valence-corrected chi connectivity index (χ1v) is 10.5. The Kier molecular flexibility index (Phi) is 4.18. The highest BCUT2D eigenvalue weighted by atomic mass is 35.5. The van der Waals surface area contributed by atoms with Gasteiger partial charge in [0.1, 0.15) is 24.0 Å². The van der Waals surface area contributed by atoms with E-state index < -0.39 is 38.0 Å². The number of hydrogen-bond donors (Lipinski definition) is 1. The molecule has 1 aliphatic rings. The number of benzene rings is 3. The van der Waals surface area contributed by atoms with Gasteiger partial charge in [0, 0.05) is 40.2 Å². The SMILES string of the molecule is [2H]C1([2H])OC([2H])([2H])C([2H])([2H])N(c2ccc3c(-c4cc(C(O)c5ccc(OC)cc5)c(Cl)cc4F)ncnc3c2)C1([2H])[2H]. The highest BCUT2D eigenvalue weighted by Crippen LogP contribution is 2.36. The van der Waals surface area contributed by atoms with E-state index in [-0.39, 0.29) is 38.4 Å². The number of hydrogen-bond acceptors (Lipinski definition) is 6. The molecule has 1 N–H and O–H groups in total. The monoisotopic (exact) mass is 487 g/mol. The molecule has 0 radical (unpaired) electrons. The van der Waals surface area contributed by atoms with Gasteiger partial charge in [-0.2, -0.15) is 0 Å². The number of morpholine rings is 1. The number of halogens is 2. The summed E-state index contributed by atoms with van der Waals surface area (Å²) in [4.78, 5) is 8.69. The molecule has 1 atom stereocenters. The average molecular weight is 488 g/mol. The van der Waals surface area contributed by atoms with E-state index in [2.05, 4.69) is 14.7 Å². The number of aliphatic hydroxyl groups is 1. The van der Waals surface area contributed by atoms with E-state index in [1.807, 2.05) is 0 Å². The van der Waals surface area contributed by atoms with Crippen LogP contribution in [0.4, 0.5) is 10.1 Å². The molecule has 6 nitrogen and oxygen atoms in total. The fourth-order valence-corrected chi connectivity index (χ4v) is 3.89. The lowest BCUT2D eigenvalue weighted by atomic mass is 9.97. The fourth-order valence-electron chi connectivity index (χ4n) is 3.64. The smallest absolute Gasteiger partial charge is 0.134 e. The van der Waals surface area contributed by atoms with Crippen molar-refractivity contribution >= 4 is 28.2 Å². The number of ether oxygens (including phenoxy) is 2. The van der Waals surface area contributed by atoms with Crippen molar-refractivity contribution in [3.8, 4) is 17.0 Å². The van der Waals surface area contributed by atoms with Gasteiger partial charge in [0.2, 0.25) is 0 Å². The predicted octanol–water partition coefficient (Wildman–Crippen LogP) is 5.02. The molecule has 8 heteroatoms. The van der Waals surface area contributed by atoms with E-state index in [1.54, 1.807) is 24.3 Å². The minimum atomic E-state index is -3.23. The van der Waals surface area contributed by atoms with Crippen LogP contribution in [0.5, 0.6) is 5.75 Å². The quantitative estimate of drug-likeness (QED) is 0.426. The Morgan fingerprint density at radius 2 is 1.88 bits per heavy atom. The van der Waals surface area contributed by atoms with Crippen LogP contribution < -0.4 is 9.64 Å². The van der Waals surface area contributed by atoms with E-state index in [0.29, 0.717) is 16.2 Å². The van der Waals surface area contributed by atoms with Crippen LogP contribution >= 0.6 is 11.6 Å². The van der Waals surface area contributed by atoms with Crippen molar-refractivity contribution in [2.24, 2.45) is 0 Å². The minimum absolute atomic E-state index is 0.0273. The molecule has 1 unspecified atom stereocenters. The molecule has 1 saturated heterocycles. The molecule has 0 spiro atoms. The van der Waals surface area contributed by atoms with Gasteiger partial charge < -0.3 is 19.5 Å². The Labute approximate surface area is 212 Å². The Morgan fingerprint density at radius 3 is 2.62 bits per heavy atom. The highest BCUT2D eigenvalue weighted by molar-refractivity contribution is 6.31. The topological polar surface area (TPSA) is 67.7 Å². The van der Waals surface area contributed by atoms with Crippen LogP contribution in [0.15, 0.2) is 60.9 Å². The van der Waals surface area contributed by atoms with E-state index in [1.165, 1.54) is 31.4 Å². The number of aliphatic hydroxyl groups excluding tert-OH is 1. The number of anilines is 1. The molecule has 174 valence electrons. The van der Waals surface area contributed by atoms with Crippen LogP contribution in [-0.2, 0) is 4.74 Å². The summed E-state index contributed by atoms with van der Waals surface area (Å²) in [6.07, 6.45) is -0.116. The van der Waals surface area contributed by atoms with E-state index >= 15 is 4.39 Å². The van der Waals surface area contributed by atoms with Gasteiger partial charge in [-0.1, -0.05) is 23.7 Å². The molecule has 1 aromatic heterocycles. The lowest BCUT2D eigenvalue weighted by Crippen LogP contribution is -2.36. The van der Waals surface area contributed by atoms with E-state index in [4.69, 9.17) is 27.3 Å². The zero-order valence-electron chi connectivity index (χ0n) is 25.7. The summed E-state index contributed by atoms with van der Waals surface area (Å²) in [5.41, 5.74) is 0.574. The number of nitrogens with zero attached hydrogens (tertiary/aromatic N) is 3. The van der Waals surface area contributed by atoms with Crippen molar-refractivity contribution in [2.45, 2.75) is 6.10 Å². The normalized spacial score (nSPS) is 24.3. The summed E-state index contributed by atoms with van der Waals surface area (Å²) in [5, 5.41) is 11.3. The molecule has 3 aromatic carbocycles. The maximum atomic E-state index is 15.3. The molecule has 0 amide bonds. The van der Waals surface area contributed by atoms with Gasteiger partial charge in [-0.3, -0.25) is 0 Å². The second-order valence-corrected chi connectivity index (χ2v) is 7.73. The van der Waals surface area contributed by atoms with Crippen molar-refractivity contribution in [1.82, 2.24) is 9.97 Å². The summed E-state index contributed by atoms with van der Waals surface area (Å²) in [6.45, 7) is -12.8. The maximum absolute atomic E-state index is 15.3. The predicted molar refractivity (Wildman–Crippen MR) is 130 cm³/mol. The van der Waals surface area contributed by atoms with E-state index in [9.17, 15) is 5.11 Å². The zero-order chi connectivity index (χ0) is 30.8. The summed E-state index contributed by atoms with van der Waals surface area (Å²) in [5.74, 6) is -0.175. The second-order valence-electron chi connectivity index (χ2n) is 7.32. The molecule has 1 aliphatic heterocycles. The lowest BCUT2D eigenvalue weighted by molar-refractivity contribution is 0.122. The second kappa shape index (κ2) is 9.54. The van der Waals surface area contributed by atoms with Crippen LogP contribution in [0.3, 0.4) is 0 Å².